The first kappa shape index (κ1) is 15.7. The van der Waals surface area contributed by atoms with Gasteiger partial charge in [0.1, 0.15) is 0 Å². The molecule has 5 nitrogen and oxygen atoms in total. The average Bonchev–Trinajstić information content (AvgIpc) is 3.01. The maximum atomic E-state index is 12.7. The lowest BCUT2D eigenvalue weighted by Crippen LogP contribution is -2.42. The van der Waals surface area contributed by atoms with Crippen molar-refractivity contribution in [1.82, 2.24) is 20.4 Å². The number of aromatic nitrogens is 2. The molecule has 2 N–H and O–H groups in total. The summed E-state index contributed by atoms with van der Waals surface area (Å²) in [6.45, 7) is 4.06. The van der Waals surface area contributed by atoms with Crippen LogP contribution < -0.4 is 10.6 Å². The third kappa shape index (κ3) is 3.62. The first-order valence-electron chi connectivity index (χ1n) is 8.43. The molecule has 23 heavy (non-hydrogen) atoms. The Labute approximate surface area is 137 Å². The molecule has 0 aliphatic carbocycles. The van der Waals surface area contributed by atoms with Crippen molar-refractivity contribution in [3.8, 4) is 5.69 Å². The summed E-state index contributed by atoms with van der Waals surface area (Å²) in [7, 11) is 0. The Bertz CT molecular complexity index is 644. The highest BCUT2D eigenvalue weighted by Crippen LogP contribution is 2.17. The highest BCUT2D eigenvalue weighted by Gasteiger charge is 2.21. The number of carbonyl (C=O) groups is 1. The average molecular weight is 312 g/mol. The highest BCUT2D eigenvalue weighted by molar-refractivity contribution is 5.95. The van der Waals surface area contributed by atoms with E-state index in [0.29, 0.717) is 5.56 Å². The smallest absolute Gasteiger partial charge is 0.254 e. The second-order valence-electron chi connectivity index (χ2n) is 6.00. The predicted molar refractivity (Wildman–Crippen MR) is 90.9 cm³/mol. The number of nitrogens with zero attached hydrogens (tertiary/aromatic N) is 2. The van der Waals surface area contributed by atoms with E-state index in [2.05, 4.69) is 22.7 Å². The summed E-state index contributed by atoms with van der Waals surface area (Å²) in [5.74, 6) is 0.00234. The Hall–Kier alpha value is -2.14. The summed E-state index contributed by atoms with van der Waals surface area (Å²) in [6.07, 6.45) is 5.49. The summed E-state index contributed by atoms with van der Waals surface area (Å²) in [6, 6.07) is 10.2. The van der Waals surface area contributed by atoms with Crippen LogP contribution >= 0.6 is 0 Å². The molecule has 2 aromatic rings. The molecule has 122 valence electrons. The van der Waals surface area contributed by atoms with Crippen LogP contribution in [0.5, 0.6) is 0 Å². The fourth-order valence-corrected chi connectivity index (χ4v) is 3.06. The lowest BCUT2D eigenvalue weighted by atomic mass is 10.1. The van der Waals surface area contributed by atoms with Gasteiger partial charge >= 0.3 is 0 Å². The van der Waals surface area contributed by atoms with Gasteiger partial charge in [-0.1, -0.05) is 31.5 Å². The molecule has 0 atom stereocenters. The van der Waals surface area contributed by atoms with E-state index in [1.807, 2.05) is 35.0 Å². The van der Waals surface area contributed by atoms with Crippen molar-refractivity contribution in [3.05, 3.63) is 47.8 Å². The van der Waals surface area contributed by atoms with Crippen LogP contribution in [0.15, 0.2) is 36.5 Å². The Balaban J connectivity index is 1.83. The Morgan fingerprint density at radius 3 is 2.74 bits per heavy atom. The lowest BCUT2D eigenvalue weighted by molar-refractivity contribution is 0.0928. The third-order valence-electron chi connectivity index (χ3n) is 4.28. The van der Waals surface area contributed by atoms with Crippen LogP contribution in [0.25, 0.3) is 5.69 Å². The Morgan fingerprint density at radius 2 is 2.04 bits per heavy atom. The SMILES string of the molecule is CCCc1c(C(=O)NC2CCNCC2)cnn1-c1ccccc1. The molecule has 1 amide bonds. The fraction of sp³-hybridized carbons (Fsp3) is 0.444. The van der Waals surface area contributed by atoms with Gasteiger partial charge in [0.05, 0.1) is 23.1 Å². The van der Waals surface area contributed by atoms with Crippen molar-refractivity contribution < 1.29 is 4.79 Å². The second-order valence-corrected chi connectivity index (χ2v) is 6.00. The lowest BCUT2D eigenvalue weighted by Gasteiger charge is -2.23. The monoisotopic (exact) mass is 312 g/mol. The van der Waals surface area contributed by atoms with Crippen molar-refractivity contribution in [2.45, 2.75) is 38.6 Å². The molecule has 0 unspecified atom stereocenters. The maximum absolute atomic E-state index is 12.7. The van der Waals surface area contributed by atoms with E-state index in [1.54, 1.807) is 6.20 Å². The number of hydrogen-bond acceptors (Lipinski definition) is 3. The minimum absolute atomic E-state index is 0.00234. The van der Waals surface area contributed by atoms with Gasteiger partial charge in [-0.15, -0.1) is 0 Å². The molecule has 3 rings (SSSR count). The number of benzene rings is 1. The zero-order valence-corrected chi connectivity index (χ0v) is 13.6. The predicted octanol–water partition coefficient (Wildman–Crippen LogP) is 2.31. The number of para-hydroxylation sites is 1. The molecular weight excluding hydrogens is 288 g/mol. The van der Waals surface area contributed by atoms with E-state index < -0.39 is 0 Å². The normalized spacial score (nSPS) is 15.5. The molecule has 1 saturated heterocycles. The first-order valence-corrected chi connectivity index (χ1v) is 8.43. The molecule has 0 saturated carbocycles. The van der Waals surface area contributed by atoms with Gasteiger partial charge in [0, 0.05) is 6.04 Å². The Kier molecular flexibility index (Phi) is 5.08. The van der Waals surface area contributed by atoms with E-state index in [1.165, 1.54) is 0 Å². The van der Waals surface area contributed by atoms with Gasteiger partial charge < -0.3 is 10.6 Å². The van der Waals surface area contributed by atoms with Crippen LogP contribution in [0, 0.1) is 0 Å². The molecule has 0 radical (unpaired) electrons. The third-order valence-corrected chi connectivity index (χ3v) is 4.28. The minimum Gasteiger partial charge on any atom is -0.349 e. The molecule has 1 aromatic carbocycles. The topological polar surface area (TPSA) is 59.0 Å². The van der Waals surface area contributed by atoms with Crippen LogP contribution in [0.2, 0.25) is 0 Å². The van der Waals surface area contributed by atoms with Crippen molar-refractivity contribution in [2.75, 3.05) is 13.1 Å². The molecule has 1 aliphatic heterocycles. The number of piperidine rings is 1. The highest BCUT2D eigenvalue weighted by atomic mass is 16.1. The van der Waals surface area contributed by atoms with Crippen molar-refractivity contribution >= 4 is 5.91 Å². The number of carbonyl (C=O) groups excluding carboxylic acids is 1. The number of rotatable bonds is 5. The van der Waals surface area contributed by atoms with Gasteiger partial charge in [0.15, 0.2) is 0 Å². The van der Waals surface area contributed by atoms with E-state index in [4.69, 9.17) is 0 Å². The van der Waals surface area contributed by atoms with Gasteiger partial charge in [0.2, 0.25) is 0 Å². The summed E-state index contributed by atoms with van der Waals surface area (Å²) in [5, 5.41) is 10.9. The van der Waals surface area contributed by atoms with E-state index in [0.717, 1.165) is 50.2 Å². The molecule has 1 fully saturated rings. The molecule has 0 spiro atoms. The van der Waals surface area contributed by atoms with Gasteiger partial charge in [-0.05, 0) is 44.5 Å². The van der Waals surface area contributed by atoms with Gasteiger partial charge in [-0.3, -0.25) is 4.79 Å². The quantitative estimate of drug-likeness (QED) is 0.891. The Morgan fingerprint density at radius 1 is 1.30 bits per heavy atom. The van der Waals surface area contributed by atoms with E-state index in [-0.39, 0.29) is 11.9 Å². The van der Waals surface area contributed by atoms with Gasteiger partial charge in [0.25, 0.3) is 5.91 Å². The molecule has 5 heteroatoms. The molecular formula is C18H24N4O. The number of hydrogen-bond donors (Lipinski definition) is 2. The fourth-order valence-electron chi connectivity index (χ4n) is 3.06. The van der Waals surface area contributed by atoms with Crippen LogP contribution in [0.4, 0.5) is 0 Å². The first-order chi connectivity index (χ1) is 11.3. The maximum Gasteiger partial charge on any atom is 0.254 e. The van der Waals surface area contributed by atoms with Crippen LogP contribution in [-0.4, -0.2) is 34.8 Å². The molecule has 2 heterocycles. The molecule has 1 aromatic heterocycles. The number of nitrogens with one attached hydrogen (secondary N) is 2. The summed E-state index contributed by atoms with van der Waals surface area (Å²) in [5.41, 5.74) is 2.69. The summed E-state index contributed by atoms with van der Waals surface area (Å²) in [4.78, 5) is 12.7. The summed E-state index contributed by atoms with van der Waals surface area (Å²) < 4.78 is 1.89. The van der Waals surface area contributed by atoms with Gasteiger partial charge in [-0.2, -0.15) is 5.10 Å². The summed E-state index contributed by atoms with van der Waals surface area (Å²) >= 11 is 0. The van der Waals surface area contributed by atoms with Crippen LogP contribution in [-0.2, 0) is 6.42 Å². The molecule has 0 bridgehead atoms. The molecule has 1 aliphatic rings. The van der Waals surface area contributed by atoms with E-state index in [9.17, 15) is 4.79 Å². The van der Waals surface area contributed by atoms with Gasteiger partial charge in [-0.25, -0.2) is 4.68 Å². The van der Waals surface area contributed by atoms with Crippen LogP contribution in [0.3, 0.4) is 0 Å². The van der Waals surface area contributed by atoms with Crippen molar-refractivity contribution in [2.24, 2.45) is 0 Å². The van der Waals surface area contributed by atoms with Crippen LogP contribution in [0.1, 0.15) is 42.2 Å². The number of amides is 1. The second kappa shape index (κ2) is 7.42. The minimum atomic E-state index is 0.00234. The van der Waals surface area contributed by atoms with Crippen molar-refractivity contribution in [3.63, 3.8) is 0 Å². The zero-order valence-electron chi connectivity index (χ0n) is 13.6. The van der Waals surface area contributed by atoms with Crippen molar-refractivity contribution in [1.29, 1.82) is 0 Å². The zero-order chi connectivity index (χ0) is 16.1. The van der Waals surface area contributed by atoms with E-state index >= 15 is 0 Å². The largest absolute Gasteiger partial charge is 0.349 e. The standard InChI is InChI=1S/C18H24N4O/c1-2-6-17-16(18(23)21-14-9-11-19-12-10-14)13-20-22(17)15-7-4-3-5-8-15/h3-5,7-8,13-14,19H,2,6,9-12H2,1H3,(H,21,23).